The zero-order valence-corrected chi connectivity index (χ0v) is 17.7. The number of nitrogens with zero attached hydrogens (tertiary/aromatic N) is 2. The van der Waals surface area contributed by atoms with Gasteiger partial charge in [0.25, 0.3) is 0 Å². The van der Waals surface area contributed by atoms with Crippen molar-refractivity contribution in [1.82, 2.24) is 15.6 Å². The maximum Gasteiger partial charge on any atom is 0.191 e. The normalized spacial score (nSPS) is 11.1. The lowest BCUT2D eigenvalue weighted by atomic mass is 10.1. The van der Waals surface area contributed by atoms with Gasteiger partial charge in [-0.05, 0) is 25.0 Å². The molecule has 7 heteroatoms. The van der Waals surface area contributed by atoms with Gasteiger partial charge in [-0.25, -0.2) is 4.98 Å². The smallest absolute Gasteiger partial charge is 0.191 e. The Hall–Kier alpha value is -1.19. The van der Waals surface area contributed by atoms with Crippen molar-refractivity contribution in [3.05, 3.63) is 51.0 Å². The van der Waals surface area contributed by atoms with Crippen LogP contribution in [0.2, 0.25) is 0 Å². The number of hydrogen-bond acceptors (Lipinski definition) is 4. The van der Waals surface area contributed by atoms with Crippen LogP contribution in [-0.2, 0) is 24.4 Å². The molecule has 2 N–H and O–H groups in total. The number of aliphatic imine (C=N–C) groups is 1. The molecular formula is C17H25IN4OS. The van der Waals surface area contributed by atoms with E-state index >= 15 is 0 Å². The molecule has 1 aromatic carbocycles. The fourth-order valence-electron chi connectivity index (χ4n) is 2.20. The third-order valence-electron chi connectivity index (χ3n) is 3.57. The zero-order valence-electron chi connectivity index (χ0n) is 14.5. The van der Waals surface area contributed by atoms with Crippen LogP contribution in [0.25, 0.3) is 0 Å². The molecule has 0 saturated carbocycles. The van der Waals surface area contributed by atoms with Gasteiger partial charge in [0, 0.05) is 25.6 Å². The fraction of sp³-hybridized carbons (Fsp3) is 0.412. The molecule has 0 saturated heterocycles. The molecule has 5 nitrogen and oxygen atoms in total. The monoisotopic (exact) mass is 460 g/mol. The predicted octanol–water partition coefficient (Wildman–Crippen LogP) is 3.39. The highest BCUT2D eigenvalue weighted by molar-refractivity contribution is 14.0. The average Bonchev–Trinajstić information content (AvgIpc) is 2.87. The third kappa shape index (κ3) is 6.03. The van der Waals surface area contributed by atoms with E-state index in [0.29, 0.717) is 19.7 Å². The van der Waals surface area contributed by atoms with Crippen molar-refractivity contribution in [2.24, 2.45) is 4.99 Å². The van der Waals surface area contributed by atoms with Crippen LogP contribution in [-0.4, -0.2) is 25.1 Å². The number of nitrogens with one attached hydrogen (secondary N) is 2. The van der Waals surface area contributed by atoms with Crippen LogP contribution in [0.3, 0.4) is 0 Å². The molecule has 0 fully saturated rings. The summed E-state index contributed by atoms with van der Waals surface area (Å²) in [4.78, 5) is 10.1. The molecule has 132 valence electrons. The maximum atomic E-state index is 5.24. The van der Waals surface area contributed by atoms with E-state index in [0.717, 1.165) is 16.7 Å². The maximum absolute atomic E-state index is 5.24. The summed E-state index contributed by atoms with van der Waals surface area (Å²) in [5, 5.41) is 7.71. The first-order chi connectivity index (χ1) is 11.1. The van der Waals surface area contributed by atoms with E-state index in [-0.39, 0.29) is 24.0 Å². The molecule has 0 atom stereocenters. The van der Waals surface area contributed by atoms with E-state index in [2.05, 4.69) is 39.7 Å². The third-order valence-corrected chi connectivity index (χ3v) is 4.64. The molecule has 0 bridgehead atoms. The van der Waals surface area contributed by atoms with Crippen molar-refractivity contribution in [3.63, 3.8) is 0 Å². The lowest BCUT2D eigenvalue weighted by Crippen LogP contribution is -2.36. The van der Waals surface area contributed by atoms with Crippen LogP contribution in [0, 0.1) is 13.8 Å². The molecule has 1 aromatic heterocycles. The topological polar surface area (TPSA) is 58.5 Å². The highest BCUT2D eigenvalue weighted by Crippen LogP contribution is 2.16. The number of aryl methyl sites for hydroxylation is 2. The van der Waals surface area contributed by atoms with Crippen molar-refractivity contribution in [3.8, 4) is 0 Å². The first-order valence-electron chi connectivity index (χ1n) is 7.57. The van der Waals surface area contributed by atoms with Crippen molar-refractivity contribution in [1.29, 1.82) is 0 Å². The second-order valence-electron chi connectivity index (χ2n) is 5.23. The van der Waals surface area contributed by atoms with E-state index < -0.39 is 0 Å². The van der Waals surface area contributed by atoms with Crippen LogP contribution in [0.4, 0.5) is 0 Å². The first kappa shape index (κ1) is 20.9. The SMILES string of the molecule is CN=C(NCc1nc(C)c(C)s1)NCc1ccccc1COC.I. The summed E-state index contributed by atoms with van der Waals surface area (Å²) < 4.78 is 5.24. The van der Waals surface area contributed by atoms with Crippen molar-refractivity contribution >= 4 is 41.3 Å². The summed E-state index contributed by atoms with van der Waals surface area (Å²) in [6, 6.07) is 8.24. The minimum absolute atomic E-state index is 0. The quantitative estimate of drug-likeness (QED) is 0.394. The van der Waals surface area contributed by atoms with Crippen LogP contribution < -0.4 is 10.6 Å². The molecule has 0 aliphatic carbocycles. The Morgan fingerprint density at radius 1 is 1.17 bits per heavy atom. The number of thiazole rings is 1. The number of hydrogen-bond donors (Lipinski definition) is 2. The van der Waals surface area contributed by atoms with Crippen LogP contribution in [0.15, 0.2) is 29.3 Å². The Morgan fingerprint density at radius 3 is 2.42 bits per heavy atom. The van der Waals surface area contributed by atoms with E-state index in [4.69, 9.17) is 4.74 Å². The molecule has 0 unspecified atom stereocenters. The predicted molar refractivity (Wildman–Crippen MR) is 111 cm³/mol. The summed E-state index contributed by atoms with van der Waals surface area (Å²) >= 11 is 1.72. The van der Waals surface area contributed by atoms with Crippen molar-refractivity contribution in [2.45, 2.75) is 33.5 Å². The Morgan fingerprint density at radius 2 is 1.83 bits per heavy atom. The lowest BCUT2D eigenvalue weighted by Gasteiger charge is -2.13. The molecule has 2 aromatic rings. The molecular weight excluding hydrogens is 435 g/mol. The Kier molecular flexibility index (Phi) is 9.24. The number of aromatic nitrogens is 1. The Balaban J connectivity index is 0.00000288. The lowest BCUT2D eigenvalue weighted by molar-refractivity contribution is 0.184. The molecule has 2 rings (SSSR count). The van der Waals surface area contributed by atoms with Gasteiger partial charge >= 0.3 is 0 Å². The number of benzene rings is 1. The summed E-state index contributed by atoms with van der Waals surface area (Å²) in [5.41, 5.74) is 3.49. The summed E-state index contributed by atoms with van der Waals surface area (Å²) in [7, 11) is 3.48. The summed E-state index contributed by atoms with van der Waals surface area (Å²) in [5.74, 6) is 0.766. The zero-order chi connectivity index (χ0) is 16.7. The molecule has 0 aliphatic rings. The van der Waals surface area contributed by atoms with Gasteiger partial charge < -0.3 is 15.4 Å². The van der Waals surface area contributed by atoms with E-state index in [1.54, 1.807) is 25.5 Å². The van der Waals surface area contributed by atoms with E-state index in [1.807, 2.05) is 19.1 Å². The van der Waals surface area contributed by atoms with Gasteiger partial charge in [0.05, 0.1) is 18.8 Å². The second-order valence-corrected chi connectivity index (χ2v) is 6.52. The van der Waals surface area contributed by atoms with Crippen molar-refractivity contribution < 1.29 is 4.74 Å². The van der Waals surface area contributed by atoms with Gasteiger partial charge in [0.15, 0.2) is 5.96 Å². The van der Waals surface area contributed by atoms with Gasteiger partial charge in [0.2, 0.25) is 0 Å². The Bertz CT molecular complexity index is 653. The minimum atomic E-state index is 0. The van der Waals surface area contributed by atoms with E-state index in [1.165, 1.54) is 16.0 Å². The molecule has 0 aliphatic heterocycles. The van der Waals surface area contributed by atoms with Gasteiger partial charge in [-0.2, -0.15) is 0 Å². The average molecular weight is 460 g/mol. The van der Waals surface area contributed by atoms with E-state index in [9.17, 15) is 0 Å². The first-order valence-corrected chi connectivity index (χ1v) is 8.38. The molecule has 0 spiro atoms. The van der Waals surface area contributed by atoms with Gasteiger partial charge in [0.1, 0.15) is 5.01 Å². The fourth-order valence-corrected chi connectivity index (χ4v) is 3.07. The largest absolute Gasteiger partial charge is 0.380 e. The highest BCUT2D eigenvalue weighted by atomic mass is 127. The number of halogens is 1. The number of methoxy groups -OCH3 is 1. The molecule has 0 amide bonds. The molecule has 0 radical (unpaired) electrons. The summed E-state index contributed by atoms with van der Waals surface area (Å²) in [6.45, 7) is 6.13. The molecule has 24 heavy (non-hydrogen) atoms. The van der Waals surface area contributed by atoms with Crippen LogP contribution in [0.5, 0.6) is 0 Å². The highest BCUT2D eigenvalue weighted by Gasteiger charge is 2.06. The second kappa shape index (κ2) is 10.6. The number of rotatable bonds is 6. The standard InChI is InChI=1S/C17H24N4OS.HI/c1-12-13(2)23-16(21-12)10-20-17(18-3)19-9-14-7-5-6-8-15(14)11-22-4;/h5-8H,9-11H2,1-4H3,(H2,18,19,20);1H. The van der Waals surface area contributed by atoms with Crippen LogP contribution >= 0.6 is 35.3 Å². The summed E-state index contributed by atoms with van der Waals surface area (Å²) in [6.07, 6.45) is 0. The van der Waals surface area contributed by atoms with Crippen molar-refractivity contribution in [2.75, 3.05) is 14.2 Å². The van der Waals surface area contributed by atoms with Gasteiger partial charge in [-0.15, -0.1) is 35.3 Å². The molecule has 1 heterocycles. The number of guanidine groups is 1. The van der Waals surface area contributed by atoms with Gasteiger partial charge in [-0.3, -0.25) is 4.99 Å². The minimum Gasteiger partial charge on any atom is -0.380 e. The number of ether oxygens (including phenoxy) is 1. The van der Waals surface area contributed by atoms with Crippen LogP contribution in [0.1, 0.15) is 26.7 Å². The van der Waals surface area contributed by atoms with Gasteiger partial charge in [-0.1, -0.05) is 24.3 Å². The Labute approximate surface area is 165 Å².